The number of urea groups is 1. The first-order valence-corrected chi connectivity index (χ1v) is 10.7. The molecule has 2 N–H and O–H groups in total. The van der Waals surface area contributed by atoms with Gasteiger partial charge in [0.25, 0.3) is 0 Å². The fourth-order valence-electron chi connectivity index (χ4n) is 4.02. The molecule has 0 spiro atoms. The smallest absolute Gasteiger partial charge is 0.338 e. The molecule has 1 aliphatic rings. The van der Waals surface area contributed by atoms with Crippen LogP contribution in [-0.4, -0.2) is 48.0 Å². The summed E-state index contributed by atoms with van der Waals surface area (Å²) in [7, 11) is 0. The lowest BCUT2D eigenvalue weighted by atomic mass is 9.99. The third-order valence-corrected chi connectivity index (χ3v) is 5.52. The van der Waals surface area contributed by atoms with Gasteiger partial charge in [-0.1, -0.05) is 30.3 Å². The molecular formula is C24H26N3O6-. The van der Waals surface area contributed by atoms with E-state index in [2.05, 4.69) is 10.6 Å². The van der Waals surface area contributed by atoms with Crippen molar-refractivity contribution >= 4 is 29.6 Å². The van der Waals surface area contributed by atoms with E-state index in [0.717, 1.165) is 11.1 Å². The lowest BCUT2D eigenvalue weighted by molar-refractivity contribution is -0.310. The molecule has 1 heterocycles. The molecule has 9 nitrogen and oxygen atoms in total. The van der Waals surface area contributed by atoms with Crippen molar-refractivity contribution in [2.24, 2.45) is 0 Å². The minimum atomic E-state index is -1.32. The number of esters is 1. The molecule has 2 atom stereocenters. The molecule has 0 aliphatic carbocycles. The van der Waals surface area contributed by atoms with Crippen molar-refractivity contribution in [2.45, 2.75) is 38.8 Å². The van der Waals surface area contributed by atoms with Crippen LogP contribution in [0.25, 0.3) is 0 Å². The predicted octanol–water partition coefficient (Wildman–Crippen LogP) is 1.78. The maximum absolute atomic E-state index is 13.0. The molecule has 1 saturated heterocycles. The zero-order chi connectivity index (χ0) is 24.0. The second-order valence-electron chi connectivity index (χ2n) is 7.69. The Morgan fingerprint density at radius 1 is 1.09 bits per heavy atom. The van der Waals surface area contributed by atoms with Gasteiger partial charge in [0, 0.05) is 5.69 Å². The van der Waals surface area contributed by atoms with E-state index in [9.17, 15) is 24.3 Å². The van der Waals surface area contributed by atoms with Crippen LogP contribution in [-0.2, 0) is 14.3 Å². The highest BCUT2D eigenvalue weighted by Gasteiger charge is 2.38. The van der Waals surface area contributed by atoms with Crippen LogP contribution in [0.15, 0.2) is 48.5 Å². The molecule has 9 heteroatoms. The Hall–Kier alpha value is -3.88. The Morgan fingerprint density at radius 3 is 2.55 bits per heavy atom. The second kappa shape index (κ2) is 10.6. The van der Waals surface area contributed by atoms with Crippen molar-refractivity contribution in [3.8, 4) is 0 Å². The number of likely N-dealkylation sites (tertiary alicyclic amines) is 1. The highest BCUT2D eigenvalue weighted by atomic mass is 16.5. The highest BCUT2D eigenvalue weighted by Crippen LogP contribution is 2.37. The number of carbonyl (C=O) groups is 4. The second-order valence-corrected chi connectivity index (χ2v) is 7.69. The average molecular weight is 452 g/mol. The van der Waals surface area contributed by atoms with Gasteiger partial charge in [-0.05, 0) is 56.0 Å². The van der Waals surface area contributed by atoms with Crippen LogP contribution >= 0.6 is 0 Å². The molecule has 0 aromatic heterocycles. The van der Waals surface area contributed by atoms with Crippen LogP contribution in [0.5, 0.6) is 0 Å². The molecule has 0 saturated carbocycles. The van der Waals surface area contributed by atoms with Crippen LogP contribution in [0.4, 0.5) is 10.5 Å². The standard InChI is InChI=1S/C24H27N3O6/c1-3-33-23(31)16-8-6-9-17(13-16)26-24(32)25-14-21(28)27-19(11-12-20(27)22(29)30)18-10-5-4-7-15(18)2/h4-10,13,19-20H,3,11-12,14H2,1-2H3,(H,29,30)(H2,25,26,32)/p-1. The number of aliphatic carboxylic acids is 1. The summed E-state index contributed by atoms with van der Waals surface area (Å²) in [6, 6.07) is 11.5. The molecule has 33 heavy (non-hydrogen) atoms. The van der Waals surface area contributed by atoms with E-state index in [4.69, 9.17) is 4.74 Å². The third kappa shape index (κ3) is 5.68. The molecule has 0 radical (unpaired) electrons. The predicted molar refractivity (Wildman–Crippen MR) is 118 cm³/mol. The van der Waals surface area contributed by atoms with Crippen molar-refractivity contribution in [3.63, 3.8) is 0 Å². The number of hydrogen-bond donors (Lipinski definition) is 2. The minimum Gasteiger partial charge on any atom is -0.548 e. The van der Waals surface area contributed by atoms with E-state index in [0.29, 0.717) is 12.1 Å². The molecule has 2 unspecified atom stereocenters. The lowest BCUT2D eigenvalue weighted by Crippen LogP contribution is -2.50. The summed E-state index contributed by atoms with van der Waals surface area (Å²) in [5, 5.41) is 16.7. The molecule has 2 aromatic carbocycles. The van der Waals surface area contributed by atoms with Crippen molar-refractivity contribution in [3.05, 3.63) is 65.2 Å². The zero-order valence-electron chi connectivity index (χ0n) is 18.5. The first kappa shape index (κ1) is 23.8. The summed E-state index contributed by atoms with van der Waals surface area (Å²) in [4.78, 5) is 50.1. The molecule has 3 amide bonds. The third-order valence-electron chi connectivity index (χ3n) is 5.52. The number of nitrogens with zero attached hydrogens (tertiary/aromatic N) is 1. The van der Waals surface area contributed by atoms with E-state index in [-0.39, 0.29) is 18.6 Å². The molecule has 1 fully saturated rings. The van der Waals surface area contributed by atoms with Gasteiger partial charge in [-0.2, -0.15) is 0 Å². The summed E-state index contributed by atoms with van der Waals surface area (Å²) in [6.45, 7) is 3.43. The average Bonchev–Trinajstić information content (AvgIpc) is 3.23. The van der Waals surface area contributed by atoms with Gasteiger partial charge in [-0.25, -0.2) is 9.59 Å². The normalized spacial score (nSPS) is 17.3. The lowest BCUT2D eigenvalue weighted by Gasteiger charge is -2.32. The Balaban J connectivity index is 1.66. The van der Waals surface area contributed by atoms with E-state index < -0.39 is 42.5 Å². The van der Waals surface area contributed by atoms with E-state index in [1.165, 1.54) is 11.0 Å². The van der Waals surface area contributed by atoms with Crippen molar-refractivity contribution in [2.75, 3.05) is 18.5 Å². The number of anilines is 1. The highest BCUT2D eigenvalue weighted by molar-refractivity contribution is 5.95. The summed E-state index contributed by atoms with van der Waals surface area (Å²) >= 11 is 0. The number of rotatable bonds is 7. The number of nitrogens with one attached hydrogen (secondary N) is 2. The van der Waals surface area contributed by atoms with Gasteiger partial charge >= 0.3 is 12.0 Å². The molecule has 2 aromatic rings. The van der Waals surface area contributed by atoms with Gasteiger partial charge in [0.2, 0.25) is 5.91 Å². The fourth-order valence-corrected chi connectivity index (χ4v) is 4.02. The topological polar surface area (TPSA) is 128 Å². The maximum Gasteiger partial charge on any atom is 0.338 e. The largest absolute Gasteiger partial charge is 0.548 e. The van der Waals surface area contributed by atoms with E-state index >= 15 is 0 Å². The van der Waals surface area contributed by atoms with Gasteiger partial charge in [-0.15, -0.1) is 0 Å². The monoisotopic (exact) mass is 452 g/mol. The number of ether oxygens (including phenoxy) is 1. The number of amides is 3. The Labute approximate surface area is 191 Å². The molecule has 174 valence electrons. The van der Waals surface area contributed by atoms with Gasteiger partial charge in [0.15, 0.2) is 0 Å². The number of benzene rings is 2. The Morgan fingerprint density at radius 2 is 1.85 bits per heavy atom. The van der Waals surface area contributed by atoms with Crippen LogP contribution in [0.2, 0.25) is 0 Å². The minimum absolute atomic E-state index is 0.228. The first-order chi connectivity index (χ1) is 15.8. The number of carbonyl (C=O) groups excluding carboxylic acids is 4. The van der Waals surface area contributed by atoms with E-state index in [1.54, 1.807) is 25.1 Å². The summed E-state index contributed by atoms with van der Waals surface area (Å²) in [6.07, 6.45) is 0.766. The Bertz CT molecular complexity index is 1050. The molecule has 0 bridgehead atoms. The van der Waals surface area contributed by atoms with Crippen LogP contribution in [0.3, 0.4) is 0 Å². The van der Waals surface area contributed by atoms with Crippen molar-refractivity contribution in [1.82, 2.24) is 10.2 Å². The molecular weight excluding hydrogens is 426 g/mol. The molecule has 1 aliphatic heterocycles. The summed E-state index contributed by atoms with van der Waals surface area (Å²) < 4.78 is 4.94. The van der Waals surface area contributed by atoms with Crippen molar-refractivity contribution in [1.29, 1.82) is 0 Å². The van der Waals surface area contributed by atoms with Gasteiger partial charge in [-0.3, -0.25) is 4.79 Å². The number of carboxylic acids is 1. The zero-order valence-corrected chi connectivity index (χ0v) is 18.5. The van der Waals surface area contributed by atoms with Crippen molar-refractivity contribution < 1.29 is 29.0 Å². The van der Waals surface area contributed by atoms with Crippen LogP contribution in [0.1, 0.15) is 47.3 Å². The summed E-state index contributed by atoms with van der Waals surface area (Å²) in [5.41, 5.74) is 2.44. The molecule has 3 rings (SSSR count). The van der Waals surface area contributed by atoms with Gasteiger partial charge < -0.3 is 30.2 Å². The maximum atomic E-state index is 13.0. The number of aryl methyl sites for hydroxylation is 1. The van der Waals surface area contributed by atoms with Gasteiger partial charge in [0.05, 0.1) is 36.8 Å². The van der Waals surface area contributed by atoms with E-state index in [1.807, 2.05) is 31.2 Å². The number of hydrogen-bond acceptors (Lipinski definition) is 6. The summed E-state index contributed by atoms with van der Waals surface area (Å²) in [5.74, 6) is -2.36. The van der Waals surface area contributed by atoms with Crippen LogP contribution in [0, 0.1) is 6.92 Å². The quantitative estimate of drug-likeness (QED) is 0.617. The SMILES string of the molecule is CCOC(=O)c1cccc(NC(=O)NCC(=O)N2C(C(=O)[O-])CCC2c2ccccc2C)c1. The Kier molecular flexibility index (Phi) is 7.66. The first-order valence-electron chi connectivity index (χ1n) is 10.7. The number of carboxylic acid groups (broad SMARTS) is 1. The van der Waals surface area contributed by atoms with Crippen LogP contribution < -0.4 is 15.7 Å². The van der Waals surface area contributed by atoms with Gasteiger partial charge in [0.1, 0.15) is 0 Å². The fraction of sp³-hybridized carbons (Fsp3) is 0.333.